The summed E-state index contributed by atoms with van der Waals surface area (Å²) in [6.45, 7) is -1.23. The molecule has 0 spiro atoms. The van der Waals surface area contributed by atoms with E-state index in [1.54, 1.807) is 6.08 Å². The minimum atomic E-state index is -3.01. The maximum atomic E-state index is 13.5. The summed E-state index contributed by atoms with van der Waals surface area (Å²) in [4.78, 5) is 10.6. The van der Waals surface area contributed by atoms with E-state index in [1.165, 1.54) is 25.1 Å². The monoisotopic (exact) mass is 273 g/mol. The molecule has 1 aromatic rings. The number of hydrogen-bond donors (Lipinski definition) is 1. The molecule has 3 nitrogen and oxygen atoms in total. The summed E-state index contributed by atoms with van der Waals surface area (Å²) < 4.78 is 42.0. The molecule has 1 aromatic carbocycles. The van der Waals surface area contributed by atoms with Crippen LogP contribution in [0.1, 0.15) is 18.9 Å². The lowest BCUT2D eigenvalue weighted by molar-refractivity contribution is -0.118. The van der Waals surface area contributed by atoms with Gasteiger partial charge >= 0.3 is 6.61 Å². The molecule has 0 aliphatic rings. The molecular weight excluding hydrogens is 259 g/mol. The second-order valence-corrected chi connectivity index (χ2v) is 3.70. The van der Waals surface area contributed by atoms with Crippen molar-refractivity contribution < 1.29 is 22.7 Å². The quantitative estimate of drug-likeness (QED) is 0.809. The first-order valence-corrected chi connectivity index (χ1v) is 5.65. The second kappa shape index (κ2) is 7.45. The number of nitrogens with one attached hydrogen (secondary N) is 1. The lowest BCUT2D eigenvalue weighted by atomic mass is 10.1. The molecular formula is C13H14F3NO2. The maximum absolute atomic E-state index is 13.5. The molecule has 0 bridgehead atoms. The van der Waals surface area contributed by atoms with E-state index < -0.39 is 12.4 Å². The predicted molar refractivity (Wildman–Crippen MR) is 65.4 cm³/mol. The number of ether oxygens (including phenoxy) is 1. The molecule has 1 amide bonds. The number of alkyl halides is 2. The van der Waals surface area contributed by atoms with E-state index in [0.29, 0.717) is 13.0 Å². The van der Waals surface area contributed by atoms with Crippen LogP contribution in [0.25, 0.3) is 6.08 Å². The van der Waals surface area contributed by atoms with Gasteiger partial charge in [-0.25, -0.2) is 4.39 Å². The highest BCUT2D eigenvalue weighted by molar-refractivity contribution is 5.72. The molecule has 0 saturated carbocycles. The second-order valence-electron chi connectivity index (χ2n) is 3.70. The first kappa shape index (κ1) is 15.1. The Kier molecular flexibility index (Phi) is 5.92. The summed E-state index contributed by atoms with van der Waals surface area (Å²) in [5.41, 5.74) is -0.0365. The lowest BCUT2D eigenvalue weighted by Gasteiger charge is -2.08. The smallest absolute Gasteiger partial charge is 0.387 e. The first-order valence-electron chi connectivity index (χ1n) is 5.65. The Balaban J connectivity index is 2.70. The summed E-state index contributed by atoms with van der Waals surface area (Å²) >= 11 is 0. The van der Waals surface area contributed by atoms with Gasteiger partial charge in [0, 0.05) is 13.5 Å². The molecule has 0 heterocycles. The summed E-state index contributed by atoms with van der Waals surface area (Å²) in [5.74, 6) is -1.03. The van der Waals surface area contributed by atoms with Crippen molar-refractivity contribution in [3.8, 4) is 5.75 Å². The Morgan fingerprint density at radius 1 is 1.47 bits per heavy atom. The van der Waals surface area contributed by atoms with E-state index in [9.17, 15) is 18.0 Å². The molecule has 104 valence electrons. The van der Waals surface area contributed by atoms with E-state index in [0.717, 1.165) is 6.07 Å². The first-order chi connectivity index (χ1) is 9.00. The van der Waals surface area contributed by atoms with Gasteiger partial charge < -0.3 is 10.1 Å². The molecule has 0 aliphatic heterocycles. The number of carbonyl (C=O) groups excluding carboxylic acids is 1. The molecule has 1 rings (SSSR count). The highest BCUT2D eigenvalue weighted by Gasteiger charge is 2.11. The number of rotatable bonds is 6. The molecule has 0 aliphatic carbocycles. The predicted octanol–water partition coefficient (Wildman–Crippen LogP) is 2.97. The average molecular weight is 273 g/mol. The van der Waals surface area contributed by atoms with Crippen LogP contribution in [0, 0.1) is 5.82 Å². The van der Waals surface area contributed by atoms with Gasteiger partial charge in [0.15, 0.2) is 0 Å². The van der Waals surface area contributed by atoms with Gasteiger partial charge in [-0.1, -0.05) is 18.2 Å². The minimum absolute atomic E-state index is 0.0365. The topological polar surface area (TPSA) is 38.3 Å². The van der Waals surface area contributed by atoms with Gasteiger partial charge in [0.05, 0.1) is 5.56 Å². The van der Waals surface area contributed by atoms with Crippen LogP contribution in [-0.2, 0) is 4.79 Å². The Morgan fingerprint density at radius 3 is 2.84 bits per heavy atom. The highest BCUT2D eigenvalue weighted by atomic mass is 19.3. The SMILES string of the molecule is CC(=O)NCCC=Cc1c(F)cccc1OC(F)F. The zero-order valence-electron chi connectivity index (χ0n) is 10.3. The molecule has 0 unspecified atom stereocenters. The Labute approximate surface area is 109 Å². The normalized spacial score (nSPS) is 11.0. The zero-order chi connectivity index (χ0) is 14.3. The van der Waals surface area contributed by atoms with E-state index in [2.05, 4.69) is 10.1 Å². The van der Waals surface area contributed by atoms with Crippen molar-refractivity contribution in [3.05, 3.63) is 35.7 Å². The summed E-state index contributed by atoms with van der Waals surface area (Å²) in [7, 11) is 0. The number of hydrogen-bond acceptors (Lipinski definition) is 2. The fraction of sp³-hybridized carbons (Fsp3) is 0.308. The molecule has 0 radical (unpaired) electrons. The van der Waals surface area contributed by atoms with Crippen molar-refractivity contribution in [3.63, 3.8) is 0 Å². The van der Waals surface area contributed by atoms with Crippen LogP contribution in [0.5, 0.6) is 5.75 Å². The minimum Gasteiger partial charge on any atom is -0.434 e. The van der Waals surface area contributed by atoms with Crippen molar-refractivity contribution in [2.75, 3.05) is 6.54 Å². The van der Waals surface area contributed by atoms with E-state index in [1.807, 2.05) is 0 Å². The third-order valence-electron chi connectivity index (χ3n) is 2.20. The van der Waals surface area contributed by atoms with Crippen LogP contribution in [-0.4, -0.2) is 19.1 Å². The largest absolute Gasteiger partial charge is 0.434 e. The van der Waals surface area contributed by atoms with Crippen molar-refractivity contribution >= 4 is 12.0 Å². The highest BCUT2D eigenvalue weighted by Crippen LogP contribution is 2.24. The summed E-state index contributed by atoms with van der Waals surface area (Å²) in [6, 6.07) is 3.72. The Hall–Kier alpha value is -1.98. The molecule has 0 fully saturated rings. The van der Waals surface area contributed by atoms with Crippen molar-refractivity contribution in [2.45, 2.75) is 20.0 Å². The summed E-state index contributed by atoms with van der Waals surface area (Å²) in [6.07, 6.45) is 3.39. The van der Waals surface area contributed by atoms with Crippen LogP contribution < -0.4 is 10.1 Å². The molecule has 0 aromatic heterocycles. The maximum Gasteiger partial charge on any atom is 0.387 e. The van der Waals surface area contributed by atoms with Crippen LogP contribution in [0.3, 0.4) is 0 Å². The van der Waals surface area contributed by atoms with E-state index in [4.69, 9.17) is 0 Å². The van der Waals surface area contributed by atoms with Gasteiger partial charge in [0.1, 0.15) is 11.6 Å². The number of carbonyl (C=O) groups is 1. The third kappa shape index (κ3) is 5.46. The molecule has 6 heteroatoms. The number of benzene rings is 1. The van der Waals surface area contributed by atoms with Crippen LogP contribution >= 0.6 is 0 Å². The Bertz CT molecular complexity index is 461. The van der Waals surface area contributed by atoms with Crippen LogP contribution in [0.4, 0.5) is 13.2 Å². The van der Waals surface area contributed by atoms with Gasteiger partial charge in [-0.05, 0) is 18.6 Å². The van der Waals surface area contributed by atoms with Crippen LogP contribution in [0.2, 0.25) is 0 Å². The molecule has 0 saturated heterocycles. The van der Waals surface area contributed by atoms with Gasteiger partial charge in [-0.2, -0.15) is 8.78 Å². The van der Waals surface area contributed by atoms with Gasteiger partial charge in [0.25, 0.3) is 0 Å². The van der Waals surface area contributed by atoms with Gasteiger partial charge in [-0.15, -0.1) is 0 Å². The number of halogens is 3. The van der Waals surface area contributed by atoms with Gasteiger partial charge in [-0.3, -0.25) is 4.79 Å². The van der Waals surface area contributed by atoms with Crippen LogP contribution in [0.15, 0.2) is 24.3 Å². The fourth-order valence-corrected chi connectivity index (χ4v) is 1.41. The van der Waals surface area contributed by atoms with Crippen molar-refractivity contribution in [1.29, 1.82) is 0 Å². The summed E-state index contributed by atoms with van der Waals surface area (Å²) in [5, 5.41) is 2.56. The lowest BCUT2D eigenvalue weighted by Crippen LogP contribution is -2.20. The standard InChI is InChI=1S/C13H14F3NO2/c1-9(18)17-8-3-2-5-10-11(14)6-4-7-12(10)19-13(15)16/h2,4-7,13H,3,8H2,1H3,(H,17,18). The Morgan fingerprint density at radius 2 is 2.21 bits per heavy atom. The molecule has 1 N–H and O–H groups in total. The average Bonchev–Trinajstić information content (AvgIpc) is 2.30. The number of amides is 1. The van der Waals surface area contributed by atoms with Gasteiger partial charge in [0.2, 0.25) is 5.91 Å². The van der Waals surface area contributed by atoms with E-state index >= 15 is 0 Å². The molecule has 19 heavy (non-hydrogen) atoms. The third-order valence-corrected chi connectivity index (χ3v) is 2.20. The van der Waals surface area contributed by atoms with Crippen molar-refractivity contribution in [2.24, 2.45) is 0 Å². The fourth-order valence-electron chi connectivity index (χ4n) is 1.41. The molecule has 0 atom stereocenters. The van der Waals surface area contributed by atoms with E-state index in [-0.39, 0.29) is 17.2 Å². The zero-order valence-corrected chi connectivity index (χ0v) is 10.3. The van der Waals surface area contributed by atoms with Crippen molar-refractivity contribution in [1.82, 2.24) is 5.32 Å².